The molecule has 1 atom stereocenters. The van der Waals surface area contributed by atoms with Gasteiger partial charge in [-0.25, -0.2) is 9.97 Å². The molecule has 9 aromatic carbocycles. The molecule has 316 valence electrons. The van der Waals surface area contributed by atoms with E-state index >= 15 is 0 Å². The summed E-state index contributed by atoms with van der Waals surface area (Å²) in [5.74, 6) is 0.840. The number of aromatic nitrogens is 3. The van der Waals surface area contributed by atoms with Crippen LogP contribution in [0.4, 0.5) is 0 Å². The van der Waals surface area contributed by atoms with Crippen molar-refractivity contribution in [1.82, 2.24) is 14.5 Å². The maximum Gasteiger partial charge on any atom is 0.160 e. The highest BCUT2D eigenvalue weighted by Crippen LogP contribution is 2.45. The van der Waals surface area contributed by atoms with Crippen LogP contribution in [0, 0.1) is 0 Å². The third-order valence-electron chi connectivity index (χ3n) is 13.2. The Morgan fingerprint density at radius 3 is 1.40 bits per heavy atom. The van der Waals surface area contributed by atoms with Crippen LogP contribution in [0.25, 0.3) is 106 Å². The first-order chi connectivity index (χ1) is 33.2. The molecule has 0 aliphatic heterocycles. The van der Waals surface area contributed by atoms with Gasteiger partial charge in [0, 0.05) is 38.9 Å². The third-order valence-corrected chi connectivity index (χ3v) is 13.2. The lowest BCUT2D eigenvalue weighted by molar-refractivity contribution is 0.811. The van der Waals surface area contributed by atoms with Gasteiger partial charge in [0.2, 0.25) is 0 Å². The minimum Gasteiger partial charge on any atom is -0.308 e. The first kappa shape index (κ1) is 39.9. The van der Waals surface area contributed by atoms with Crippen LogP contribution >= 0.6 is 0 Å². The van der Waals surface area contributed by atoms with E-state index in [9.17, 15) is 0 Å². The predicted octanol–water partition coefficient (Wildman–Crippen LogP) is 16.8. The van der Waals surface area contributed by atoms with E-state index < -0.39 is 0 Å². The molecule has 1 aliphatic rings. The Morgan fingerprint density at radius 2 is 0.836 bits per heavy atom. The van der Waals surface area contributed by atoms with Gasteiger partial charge in [-0.15, -0.1) is 0 Å². The molecule has 3 nitrogen and oxygen atoms in total. The highest BCUT2D eigenvalue weighted by Gasteiger charge is 2.24. The summed E-state index contributed by atoms with van der Waals surface area (Å²) in [4.78, 5) is 10.9. The number of allylic oxidation sites excluding steroid dienone is 4. The van der Waals surface area contributed by atoms with E-state index in [0.717, 1.165) is 67.9 Å². The topological polar surface area (TPSA) is 30.7 Å². The number of fused-ring (bicyclic) bond motifs is 3. The SMILES string of the molecule is C1=CCC(c2cc(-c3ccccc3)nc(-c3cc(-c4ccc(-c5ccccc5)cc4)c(-n4c5ccccc5c5cc(-c6ccccc6)ccc54)c(-c4ccc(-c5ccccc5)cc4)c3)n2)C=C1. The van der Waals surface area contributed by atoms with E-state index in [4.69, 9.17) is 9.97 Å². The van der Waals surface area contributed by atoms with Crippen LogP contribution in [0.5, 0.6) is 0 Å². The van der Waals surface area contributed by atoms with Gasteiger partial charge in [-0.05, 0) is 87.3 Å². The summed E-state index contributed by atoms with van der Waals surface area (Å²) in [5, 5.41) is 2.41. The van der Waals surface area contributed by atoms with Gasteiger partial charge in [0.15, 0.2) is 5.82 Å². The second kappa shape index (κ2) is 17.4. The third kappa shape index (κ3) is 7.67. The largest absolute Gasteiger partial charge is 0.308 e. The highest BCUT2D eigenvalue weighted by molar-refractivity contribution is 6.12. The lowest BCUT2D eigenvalue weighted by Gasteiger charge is -2.22. The number of nitrogens with zero attached hydrogens (tertiary/aromatic N) is 3. The molecule has 0 amide bonds. The molecule has 0 bridgehead atoms. The quantitative estimate of drug-likeness (QED) is 0.145. The average molecular weight is 856 g/mol. The van der Waals surface area contributed by atoms with E-state index in [1.54, 1.807) is 0 Å². The number of para-hydroxylation sites is 1. The van der Waals surface area contributed by atoms with Crippen LogP contribution in [0.15, 0.2) is 255 Å². The fourth-order valence-corrected chi connectivity index (χ4v) is 9.76. The molecule has 0 spiro atoms. The molecule has 0 radical (unpaired) electrons. The number of hydrogen-bond acceptors (Lipinski definition) is 2. The smallest absolute Gasteiger partial charge is 0.160 e. The van der Waals surface area contributed by atoms with Crippen LogP contribution in [0.3, 0.4) is 0 Å². The summed E-state index contributed by atoms with van der Waals surface area (Å²) in [6.07, 6.45) is 9.63. The molecule has 0 N–H and O–H groups in total. The normalized spacial score (nSPS) is 13.3. The zero-order valence-corrected chi connectivity index (χ0v) is 36.9. The van der Waals surface area contributed by atoms with Gasteiger partial charge in [-0.2, -0.15) is 0 Å². The van der Waals surface area contributed by atoms with Crippen molar-refractivity contribution in [3.05, 3.63) is 261 Å². The highest BCUT2D eigenvalue weighted by atomic mass is 15.0. The van der Waals surface area contributed by atoms with E-state index in [1.165, 1.54) is 44.2 Å². The molecule has 0 fully saturated rings. The Bertz CT molecular complexity index is 3500. The second-order valence-electron chi connectivity index (χ2n) is 17.3. The summed E-state index contributed by atoms with van der Waals surface area (Å²) < 4.78 is 2.50. The van der Waals surface area contributed by atoms with Crippen LogP contribution in [0.1, 0.15) is 18.0 Å². The first-order valence-corrected chi connectivity index (χ1v) is 23.1. The Balaban J connectivity index is 1.16. The van der Waals surface area contributed by atoms with Gasteiger partial charge in [0.05, 0.1) is 28.1 Å². The van der Waals surface area contributed by atoms with E-state index in [1.807, 2.05) is 0 Å². The van der Waals surface area contributed by atoms with Crippen molar-refractivity contribution in [2.75, 3.05) is 0 Å². The monoisotopic (exact) mass is 855 g/mol. The van der Waals surface area contributed by atoms with E-state index in [2.05, 4.69) is 259 Å². The van der Waals surface area contributed by atoms with Gasteiger partial charge >= 0.3 is 0 Å². The number of benzene rings is 9. The maximum atomic E-state index is 5.46. The summed E-state index contributed by atoms with van der Waals surface area (Å²) in [7, 11) is 0. The summed E-state index contributed by atoms with van der Waals surface area (Å²) in [5.41, 5.74) is 18.8. The van der Waals surface area contributed by atoms with Crippen molar-refractivity contribution in [3.8, 4) is 84.0 Å². The average Bonchev–Trinajstić information content (AvgIpc) is 3.75. The van der Waals surface area contributed by atoms with E-state index in [-0.39, 0.29) is 5.92 Å². The minimum absolute atomic E-state index is 0.141. The lowest BCUT2D eigenvalue weighted by atomic mass is 9.90. The Morgan fingerprint density at radius 1 is 0.358 bits per heavy atom. The van der Waals surface area contributed by atoms with Gasteiger partial charge in [-0.1, -0.05) is 218 Å². The fourth-order valence-electron chi connectivity index (χ4n) is 9.76. The summed E-state index contributed by atoms with van der Waals surface area (Å²) in [6, 6.07) is 83.1. The minimum atomic E-state index is 0.141. The number of hydrogen-bond donors (Lipinski definition) is 0. The Labute approximate surface area is 391 Å². The molecule has 11 aromatic rings. The second-order valence-corrected chi connectivity index (χ2v) is 17.3. The van der Waals surface area contributed by atoms with Crippen LogP contribution in [-0.4, -0.2) is 14.5 Å². The molecule has 0 saturated carbocycles. The van der Waals surface area contributed by atoms with Gasteiger partial charge in [0.1, 0.15) is 0 Å². The Kier molecular flexibility index (Phi) is 10.3. The fraction of sp³-hybridized carbons (Fsp3) is 0.0312. The van der Waals surface area contributed by atoms with Crippen LogP contribution < -0.4 is 0 Å². The van der Waals surface area contributed by atoms with Crippen molar-refractivity contribution < 1.29 is 0 Å². The lowest BCUT2D eigenvalue weighted by Crippen LogP contribution is -2.05. The van der Waals surface area contributed by atoms with Gasteiger partial charge < -0.3 is 4.57 Å². The molecular formula is C64H45N3. The molecule has 3 heteroatoms. The van der Waals surface area contributed by atoms with Crippen molar-refractivity contribution in [2.45, 2.75) is 12.3 Å². The molecule has 1 aliphatic carbocycles. The number of rotatable bonds is 9. The van der Waals surface area contributed by atoms with Crippen LogP contribution in [0.2, 0.25) is 0 Å². The summed E-state index contributed by atoms with van der Waals surface area (Å²) in [6.45, 7) is 0. The van der Waals surface area contributed by atoms with Crippen molar-refractivity contribution >= 4 is 21.8 Å². The van der Waals surface area contributed by atoms with Crippen molar-refractivity contribution in [1.29, 1.82) is 0 Å². The zero-order chi connectivity index (χ0) is 44.5. The maximum absolute atomic E-state index is 5.46. The molecule has 12 rings (SSSR count). The predicted molar refractivity (Wildman–Crippen MR) is 280 cm³/mol. The van der Waals surface area contributed by atoms with Gasteiger partial charge in [0.25, 0.3) is 0 Å². The molecule has 1 unspecified atom stereocenters. The molecule has 0 saturated heterocycles. The summed E-state index contributed by atoms with van der Waals surface area (Å²) >= 11 is 0. The molecule has 67 heavy (non-hydrogen) atoms. The zero-order valence-electron chi connectivity index (χ0n) is 36.9. The first-order valence-electron chi connectivity index (χ1n) is 23.1. The Hall–Kier alpha value is -8.66. The van der Waals surface area contributed by atoms with Crippen molar-refractivity contribution in [2.24, 2.45) is 0 Å². The molecule has 2 heterocycles. The van der Waals surface area contributed by atoms with Crippen LogP contribution in [-0.2, 0) is 0 Å². The molecular weight excluding hydrogens is 811 g/mol. The van der Waals surface area contributed by atoms with Gasteiger partial charge in [-0.3, -0.25) is 0 Å². The standard InChI is InChI=1S/C64H45N3/c1-6-18-44(19-7-1)47-30-34-49(35-31-47)56-41-54(64-65-59(51-24-12-4-13-25-51)43-60(66-64)52-26-14-5-15-27-52)42-57(50-36-32-48(33-37-50)45-20-8-2-9-21-45)63(56)67-61-29-17-16-28-55(61)58-40-53(38-39-62(58)67)46-22-10-3-11-23-46/h1-26,28-43,52H,27H2. The van der Waals surface area contributed by atoms with Crippen molar-refractivity contribution in [3.63, 3.8) is 0 Å². The van der Waals surface area contributed by atoms with E-state index in [0.29, 0.717) is 5.82 Å². The molecule has 2 aromatic heterocycles.